The first-order valence-electron chi connectivity index (χ1n) is 14.3. The second kappa shape index (κ2) is 12.9. The zero-order valence-electron chi connectivity index (χ0n) is 25.2. The summed E-state index contributed by atoms with van der Waals surface area (Å²) in [6, 6.07) is 33.5. The van der Waals surface area contributed by atoms with Gasteiger partial charge < -0.3 is 14.4 Å². The van der Waals surface area contributed by atoms with Gasteiger partial charge in [-0.1, -0.05) is 72.8 Å². The number of amidine groups is 1. The molecule has 0 fully saturated rings. The highest BCUT2D eigenvalue weighted by Crippen LogP contribution is 2.50. The lowest BCUT2D eigenvalue weighted by Gasteiger charge is -2.37. The van der Waals surface area contributed by atoms with E-state index in [4.69, 9.17) is 14.5 Å². The van der Waals surface area contributed by atoms with E-state index in [1.165, 1.54) is 14.1 Å². The number of hydrogen-bond acceptors (Lipinski definition) is 7. The zero-order valence-corrected chi connectivity index (χ0v) is 26.0. The summed E-state index contributed by atoms with van der Waals surface area (Å²) in [4.78, 5) is 21.7. The maximum atomic E-state index is 14.3. The molecular weight excluding hydrogens is 576 g/mol. The summed E-state index contributed by atoms with van der Waals surface area (Å²) in [5.41, 5.74) is 2.21. The van der Waals surface area contributed by atoms with Crippen molar-refractivity contribution in [3.63, 3.8) is 0 Å². The Morgan fingerprint density at radius 1 is 0.909 bits per heavy atom. The van der Waals surface area contributed by atoms with Gasteiger partial charge in [-0.2, -0.15) is 12.7 Å². The van der Waals surface area contributed by atoms with Crippen molar-refractivity contribution in [1.82, 2.24) is 9.21 Å². The van der Waals surface area contributed by atoms with Crippen LogP contribution in [0.2, 0.25) is 0 Å². The molecule has 5 rings (SSSR count). The molecule has 0 unspecified atom stereocenters. The van der Waals surface area contributed by atoms with Crippen molar-refractivity contribution in [2.75, 3.05) is 32.5 Å². The van der Waals surface area contributed by atoms with Crippen molar-refractivity contribution in [2.24, 2.45) is 4.99 Å². The molecule has 0 amide bonds. The average Bonchev–Trinajstić information content (AvgIpc) is 3.38. The minimum Gasteiger partial charge on any atom is -0.497 e. The maximum Gasteiger partial charge on any atom is 0.341 e. The summed E-state index contributed by atoms with van der Waals surface area (Å²) in [5, 5.41) is 0. The summed E-state index contributed by atoms with van der Waals surface area (Å²) in [6.45, 7) is 2.40. The largest absolute Gasteiger partial charge is 0.497 e. The van der Waals surface area contributed by atoms with Gasteiger partial charge >= 0.3 is 16.2 Å². The Balaban J connectivity index is 1.74. The minimum atomic E-state index is -3.71. The number of rotatable bonds is 11. The number of ether oxygens (including phenoxy) is 2. The second-order valence-electron chi connectivity index (χ2n) is 10.5. The highest BCUT2D eigenvalue weighted by Gasteiger charge is 2.57. The van der Waals surface area contributed by atoms with Crippen molar-refractivity contribution in [3.8, 4) is 5.75 Å². The number of hydrogen-bond donors (Lipinski definition) is 1. The molecule has 10 heteroatoms. The smallest absolute Gasteiger partial charge is 0.341 e. The van der Waals surface area contributed by atoms with Gasteiger partial charge in [-0.05, 0) is 60.0 Å². The third-order valence-electron chi connectivity index (χ3n) is 7.56. The van der Waals surface area contributed by atoms with E-state index in [0.717, 1.165) is 21.0 Å². The van der Waals surface area contributed by atoms with E-state index < -0.39 is 27.8 Å². The predicted molar refractivity (Wildman–Crippen MR) is 172 cm³/mol. The average molecular weight is 613 g/mol. The number of carbonyl (C=O) groups is 1. The molecule has 0 saturated heterocycles. The summed E-state index contributed by atoms with van der Waals surface area (Å²) in [6.07, 6.45) is 0. The summed E-state index contributed by atoms with van der Waals surface area (Å²) < 4.78 is 39.9. The number of nitrogens with zero attached hydrogens (tertiary/aromatic N) is 3. The fraction of sp³-hybridized carbons (Fsp3) is 0.235. The van der Waals surface area contributed by atoms with Gasteiger partial charge in [-0.3, -0.25) is 4.72 Å². The number of anilines is 1. The highest BCUT2D eigenvalue weighted by atomic mass is 32.2. The first-order valence-corrected chi connectivity index (χ1v) is 15.7. The Bertz CT molecular complexity index is 1710. The van der Waals surface area contributed by atoms with Gasteiger partial charge in [0.1, 0.15) is 11.6 Å². The molecule has 4 aromatic rings. The van der Waals surface area contributed by atoms with Crippen LogP contribution in [0, 0.1) is 0 Å². The van der Waals surface area contributed by atoms with Crippen LogP contribution in [0.25, 0.3) is 0 Å². The molecule has 1 aliphatic heterocycles. The van der Waals surface area contributed by atoms with Crippen molar-refractivity contribution in [2.45, 2.75) is 25.0 Å². The number of aliphatic imine (C=N–C) groups is 1. The van der Waals surface area contributed by atoms with Crippen LogP contribution < -0.4 is 9.46 Å². The van der Waals surface area contributed by atoms with E-state index in [-0.39, 0.29) is 6.61 Å². The first-order chi connectivity index (χ1) is 21.2. The van der Waals surface area contributed by atoms with Crippen LogP contribution in [-0.2, 0) is 31.8 Å². The lowest BCUT2D eigenvalue weighted by molar-refractivity contribution is -0.151. The maximum absolute atomic E-state index is 14.3. The summed E-state index contributed by atoms with van der Waals surface area (Å²) in [7, 11) is 0.830. The topological polar surface area (TPSA) is 101 Å². The Morgan fingerprint density at radius 3 is 2.09 bits per heavy atom. The molecule has 44 heavy (non-hydrogen) atoms. The number of esters is 1. The van der Waals surface area contributed by atoms with Crippen LogP contribution in [0.15, 0.2) is 114 Å². The molecule has 2 atom stereocenters. The molecule has 228 valence electrons. The molecule has 1 aliphatic rings. The molecule has 0 saturated carbocycles. The third-order valence-corrected chi connectivity index (χ3v) is 9.02. The van der Waals surface area contributed by atoms with Crippen LogP contribution in [-0.4, -0.2) is 57.2 Å². The van der Waals surface area contributed by atoms with Crippen molar-refractivity contribution >= 4 is 27.7 Å². The van der Waals surface area contributed by atoms with E-state index in [0.29, 0.717) is 29.4 Å². The van der Waals surface area contributed by atoms with Crippen molar-refractivity contribution < 1.29 is 22.7 Å². The van der Waals surface area contributed by atoms with Gasteiger partial charge in [0.2, 0.25) is 5.54 Å². The number of benzene rings is 4. The van der Waals surface area contributed by atoms with Gasteiger partial charge in [0, 0.05) is 31.9 Å². The first kappa shape index (κ1) is 30.8. The van der Waals surface area contributed by atoms with E-state index in [1.807, 2.05) is 97.1 Å². The van der Waals surface area contributed by atoms with Crippen LogP contribution in [0.4, 0.5) is 5.69 Å². The molecular formula is C34H36N4O5S. The Kier molecular flexibility index (Phi) is 9.03. The van der Waals surface area contributed by atoms with Gasteiger partial charge in [-0.25, -0.2) is 9.79 Å². The quantitative estimate of drug-likeness (QED) is 0.229. The molecule has 0 bridgehead atoms. The molecule has 0 aromatic heterocycles. The molecule has 1 N–H and O–H groups in total. The van der Waals surface area contributed by atoms with E-state index in [1.54, 1.807) is 26.2 Å². The fourth-order valence-corrected chi connectivity index (χ4v) is 6.00. The Morgan fingerprint density at radius 2 is 1.52 bits per heavy atom. The van der Waals surface area contributed by atoms with Crippen molar-refractivity contribution in [1.29, 1.82) is 0 Å². The van der Waals surface area contributed by atoms with Crippen molar-refractivity contribution in [3.05, 3.63) is 131 Å². The highest BCUT2D eigenvalue weighted by molar-refractivity contribution is 7.90. The minimum absolute atomic E-state index is 0.178. The zero-order chi connectivity index (χ0) is 31.3. The molecule has 0 radical (unpaired) electrons. The molecule has 0 aliphatic carbocycles. The fourth-order valence-electron chi connectivity index (χ4n) is 5.38. The van der Waals surface area contributed by atoms with Gasteiger partial charge in [0.15, 0.2) is 0 Å². The van der Waals surface area contributed by atoms with Crippen LogP contribution >= 0.6 is 0 Å². The Labute approximate surface area is 258 Å². The van der Waals surface area contributed by atoms with E-state index in [9.17, 15) is 13.2 Å². The second-order valence-corrected chi connectivity index (χ2v) is 12.4. The van der Waals surface area contributed by atoms with Crippen LogP contribution in [0.3, 0.4) is 0 Å². The van der Waals surface area contributed by atoms with Gasteiger partial charge in [0.05, 0.1) is 19.8 Å². The molecule has 4 aromatic carbocycles. The standard InChI is InChI=1S/C34H36N4O5S/c1-5-43-33(39)34(28-14-10-7-11-15-28)31(26-16-20-29(21-17-26)36-44(40,41)37(2)3)38(24-25-12-8-6-9-13-25)32(35-34)27-18-22-30(42-4)23-19-27/h6-23,31,36H,5,24H2,1-4H3/t31-,34-/m1/s1. The van der Waals surface area contributed by atoms with Gasteiger partial charge in [-0.15, -0.1) is 0 Å². The number of carbonyl (C=O) groups excluding carboxylic acids is 1. The lowest BCUT2D eigenvalue weighted by Crippen LogP contribution is -2.44. The monoisotopic (exact) mass is 612 g/mol. The SMILES string of the molecule is CCOC(=O)[C@]1(c2ccccc2)N=C(c2ccc(OC)cc2)N(Cc2ccccc2)[C@@H]1c1ccc(NS(=O)(=O)N(C)C)cc1. The van der Waals surface area contributed by atoms with Gasteiger partial charge in [0.25, 0.3) is 0 Å². The third kappa shape index (κ3) is 6.04. The molecule has 1 heterocycles. The van der Waals surface area contributed by atoms with E-state index >= 15 is 0 Å². The predicted octanol–water partition coefficient (Wildman–Crippen LogP) is 5.38. The summed E-state index contributed by atoms with van der Waals surface area (Å²) in [5.74, 6) is 0.847. The molecule has 0 spiro atoms. The number of nitrogens with one attached hydrogen (secondary N) is 1. The van der Waals surface area contributed by atoms with Crippen LogP contribution in [0.1, 0.15) is 35.2 Å². The molecule has 9 nitrogen and oxygen atoms in total. The van der Waals surface area contributed by atoms with Crippen LogP contribution in [0.5, 0.6) is 5.75 Å². The van der Waals surface area contributed by atoms with E-state index in [2.05, 4.69) is 9.62 Å². The number of methoxy groups -OCH3 is 1. The summed E-state index contributed by atoms with van der Waals surface area (Å²) >= 11 is 0. The lowest BCUT2D eigenvalue weighted by atomic mass is 9.79. The Hall–Kier alpha value is -4.67. The normalized spacial score (nSPS) is 18.2.